The maximum atomic E-state index is 12.9. The molecule has 0 unspecified atom stereocenters. The van der Waals surface area contributed by atoms with Crippen molar-refractivity contribution >= 4 is 33.8 Å². The Bertz CT molecular complexity index is 1370. The Morgan fingerprint density at radius 3 is 2.11 bits per heavy atom. The van der Waals surface area contributed by atoms with Crippen LogP contribution in [0.4, 0.5) is 4.79 Å². The number of alkyl carbamates (subject to hydrolysis) is 1. The molecule has 3 aromatic rings. The summed E-state index contributed by atoms with van der Waals surface area (Å²) in [6.45, 7) is 0.116. The van der Waals surface area contributed by atoms with E-state index in [0.29, 0.717) is 17.4 Å². The van der Waals surface area contributed by atoms with Gasteiger partial charge in [0.1, 0.15) is 18.2 Å². The van der Waals surface area contributed by atoms with Crippen LogP contribution in [0, 0.1) is 5.41 Å². The largest absolute Gasteiger partial charge is 0.445 e. The molecule has 11 nitrogen and oxygen atoms in total. The minimum absolute atomic E-state index is 0.0000487. The summed E-state index contributed by atoms with van der Waals surface area (Å²) >= 11 is 0. The van der Waals surface area contributed by atoms with E-state index in [1.165, 1.54) is 18.2 Å². The lowest BCUT2D eigenvalue weighted by atomic mass is 10.00. The van der Waals surface area contributed by atoms with Crippen molar-refractivity contribution in [3.63, 3.8) is 0 Å². The summed E-state index contributed by atoms with van der Waals surface area (Å²) in [6, 6.07) is 22.0. The van der Waals surface area contributed by atoms with Crippen molar-refractivity contribution in [2.75, 3.05) is 12.8 Å². The smallest absolute Gasteiger partial charge is 0.407 e. The Labute approximate surface area is 219 Å². The van der Waals surface area contributed by atoms with E-state index in [-0.39, 0.29) is 42.5 Å². The second-order valence-electron chi connectivity index (χ2n) is 7.77. The van der Waals surface area contributed by atoms with Gasteiger partial charge in [0.2, 0.25) is 0 Å². The molecule has 0 aliphatic heterocycles. The highest BCUT2D eigenvalue weighted by Gasteiger charge is 2.18. The molecule has 12 heteroatoms. The maximum absolute atomic E-state index is 12.9. The predicted octanol–water partition coefficient (Wildman–Crippen LogP) is 2.93. The molecular weight excluding hydrogens is 514 g/mol. The minimum atomic E-state index is -3.67. The molecule has 1 amide bonds. The number of carbonyl (C=O) groups is 3. The van der Waals surface area contributed by atoms with Crippen LogP contribution < -0.4 is 15.8 Å². The lowest BCUT2D eigenvalue weighted by Gasteiger charge is -2.12. The highest BCUT2D eigenvalue weighted by atomic mass is 32.2. The van der Waals surface area contributed by atoms with Crippen LogP contribution in [0.3, 0.4) is 0 Å². The fraction of sp³-hybridized carbons (Fsp3) is 0.154. The van der Waals surface area contributed by atoms with Crippen LogP contribution in [0.15, 0.2) is 78.9 Å². The first-order chi connectivity index (χ1) is 17.9. The molecule has 0 saturated carbocycles. The van der Waals surface area contributed by atoms with Crippen LogP contribution in [0.2, 0.25) is 0 Å². The number of hydrogen-bond donors (Lipinski definition) is 4. The van der Waals surface area contributed by atoms with Gasteiger partial charge in [-0.15, -0.1) is 0 Å². The Balaban J connectivity index is 0.000000926. The van der Waals surface area contributed by atoms with Crippen molar-refractivity contribution in [2.45, 2.75) is 13.0 Å². The fourth-order valence-electron chi connectivity index (χ4n) is 2.92. The summed E-state index contributed by atoms with van der Waals surface area (Å²) < 4.78 is 36.3. The third-order valence-corrected chi connectivity index (χ3v) is 4.61. The average molecular weight is 542 g/mol. The Morgan fingerprint density at radius 1 is 0.947 bits per heavy atom. The Kier molecular flexibility index (Phi) is 11.1. The highest BCUT2D eigenvalue weighted by Crippen LogP contribution is 2.24. The highest BCUT2D eigenvalue weighted by molar-refractivity contribution is 7.85. The molecule has 0 heterocycles. The van der Waals surface area contributed by atoms with Gasteiger partial charge in [0.05, 0.1) is 18.2 Å². The van der Waals surface area contributed by atoms with E-state index in [4.69, 9.17) is 25.2 Å². The molecule has 0 aliphatic carbocycles. The molecule has 0 fully saturated rings. The quantitative estimate of drug-likeness (QED) is 0.0789. The molecule has 5 N–H and O–H groups in total. The normalized spacial score (nSPS) is 10.4. The molecule has 0 bridgehead atoms. The van der Waals surface area contributed by atoms with Gasteiger partial charge >= 0.3 is 12.1 Å². The van der Waals surface area contributed by atoms with Crippen molar-refractivity contribution in [3.05, 3.63) is 101 Å². The molecular formula is C26H27N3O8S. The minimum Gasteiger partial charge on any atom is -0.445 e. The van der Waals surface area contributed by atoms with Gasteiger partial charge in [-0.1, -0.05) is 60.7 Å². The molecule has 3 rings (SSSR count). The number of nitrogens with two attached hydrogens (primary N) is 1. The number of carbonyl (C=O) groups excluding carboxylic acids is 3. The molecule has 0 radical (unpaired) electrons. The number of ketones is 1. The van der Waals surface area contributed by atoms with E-state index in [1.807, 2.05) is 30.3 Å². The number of amidine groups is 1. The molecule has 0 atom stereocenters. The van der Waals surface area contributed by atoms with Crippen LogP contribution in [0.25, 0.3) is 0 Å². The lowest BCUT2D eigenvalue weighted by Crippen LogP contribution is -2.27. The fourth-order valence-corrected chi connectivity index (χ4v) is 2.92. The summed E-state index contributed by atoms with van der Waals surface area (Å²) in [6.07, 6.45) is -0.0710. The van der Waals surface area contributed by atoms with Crippen molar-refractivity contribution in [1.29, 1.82) is 5.41 Å². The first-order valence-electron chi connectivity index (χ1n) is 11.1. The lowest BCUT2D eigenvalue weighted by molar-refractivity contribution is -0.134. The molecule has 0 saturated heterocycles. The summed E-state index contributed by atoms with van der Waals surface area (Å²) in [5.41, 5.74) is 7.23. The van der Waals surface area contributed by atoms with Crippen molar-refractivity contribution in [2.24, 2.45) is 5.73 Å². The first-order valence-corrected chi connectivity index (χ1v) is 12.9. The molecule has 200 valence electrons. The zero-order chi connectivity index (χ0) is 28.1. The number of esters is 1. The van der Waals surface area contributed by atoms with Gasteiger partial charge in [-0.2, -0.15) is 8.42 Å². The first kappa shape index (κ1) is 29.7. The molecule has 0 aromatic heterocycles. The van der Waals surface area contributed by atoms with Gasteiger partial charge in [-0.05, 0) is 23.8 Å². The number of hydrogen-bond acceptors (Lipinski definition) is 8. The summed E-state index contributed by atoms with van der Waals surface area (Å²) in [7, 11) is -3.67. The number of nitrogen functional groups attached to an aromatic ring is 1. The van der Waals surface area contributed by atoms with Crippen LogP contribution in [-0.4, -0.2) is 49.5 Å². The number of nitrogens with one attached hydrogen (secondary N) is 2. The monoisotopic (exact) mass is 541 g/mol. The van der Waals surface area contributed by atoms with E-state index in [9.17, 15) is 22.8 Å². The van der Waals surface area contributed by atoms with Crippen LogP contribution in [-0.2, 0) is 26.3 Å². The SMILES string of the molecule is CS(=O)(=O)O.N=C(N)c1ccc(OC(=O)CCNC(=O)OCc2ccccc2)c(C(=O)c2ccccc2)c1. The van der Waals surface area contributed by atoms with Crippen LogP contribution >= 0.6 is 0 Å². The molecule has 0 aliphatic rings. The van der Waals surface area contributed by atoms with Crippen molar-refractivity contribution in [3.8, 4) is 5.75 Å². The Morgan fingerprint density at radius 2 is 1.53 bits per heavy atom. The van der Waals surface area contributed by atoms with Crippen molar-refractivity contribution in [1.82, 2.24) is 5.32 Å². The summed E-state index contributed by atoms with van der Waals surface area (Å²) in [5, 5.41) is 10.1. The van der Waals surface area contributed by atoms with E-state index in [1.54, 1.807) is 30.3 Å². The second-order valence-corrected chi connectivity index (χ2v) is 9.23. The number of amides is 1. The van der Waals surface area contributed by atoms with Gasteiger partial charge in [-0.3, -0.25) is 19.6 Å². The van der Waals surface area contributed by atoms with Gasteiger partial charge in [0, 0.05) is 17.7 Å². The number of rotatable bonds is 9. The zero-order valence-corrected chi connectivity index (χ0v) is 21.2. The van der Waals surface area contributed by atoms with Gasteiger partial charge in [0.15, 0.2) is 5.78 Å². The Hall–Kier alpha value is -4.55. The van der Waals surface area contributed by atoms with Crippen LogP contribution in [0.5, 0.6) is 5.75 Å². The predicted molar refractivity (Wildman–Crippen MR) is 140 cm³/mol. The molecule has 3 aromatic carbocycles. The standard InChI is InChI=1S/C25H23N3O5.CH4O3S/c26-24(27)19-11-12-21(20(15-19)23(30)18-9-5-2-6-10-18)33-22(29)13-14-28-25(31)32-16-17-7-3-1-4-8-17;1-5(2,3)4/h1-12,15H,13-14,16H2,(H3,26,27)(H,28,31);1H3,(H,2,3,4). The molecule has 38 heavy (non-hydrogen) atoms. The number of benzene rings is 3. The molecule has 0 spiro atoms. The second kappa shape index (κ2) is 14.3. The van der Waals surface area contributed by atoms with Gasteiger partial charge < -0.3 is 20.5 Å². The van der Waals surface area contributed by atoms with Crippen molar-refractivity contribution < 1.29 is 36.8 Å². The maximum Gasteiger partial charge on any atom is 0.407 e. The van der Waals surface area contributed by atoms with E-state index in [0.717, 1.165) is 5.56 Å². The summed E-state index contributed by atoms with van der Waals surface area (Å²) in [4.78, 5) is 37.0. The third-order valence-electron chi connectivity index (χ3n) is 4.61. The van der Waals surface area contributed by atoms with E-state index in [2.05, 4.69) is 5.32 Å². The zero-order valence-electron chi connectivity index (χ0n) is 20.4. The van der Waals surface area contributed by atoms with E-state index < -0.39 is 22.2 Å². The van der Waals surface area contributed by atoms with E-state index >= 15 is 0 Å². The average Bonchev–Trinajstić information content (AvgIpc) is 2.87. The van der Waals surface area contributed by atoms with Crippen LogP contribution in [0.1, 0.15) is 33.5 Å². The van der Waals surface area contributed by atoms with Gasteiger partial charge in [0.25, 0.3) is 10.1 Å². The summed E-state index contributed by atoms with van der Waals surface area (Å²) in [5.74, 6) is -1.18. The van der Waals surface area contributed by atoms with Gasteiger partial charge in [-0.25, -0.2) is 4.79 Å². The number of ether oxygens (including phenoxy) is 2. The third kappa shape index (κ3) is 11.0. The topological polar surface area (TPSA) is 186 Å².